The summed E-state index contributed by atoms with van der Waals surface area (Å²) in [5.41, 5.74) is 1.18. The van der Waals surface area contributed by atoms with Crippen molar-refractivity contribution in [2.24, 2.45) is 5.92 Å². The first-order valence-corrected chi connectivity index (χ1v) is 9.89. The molecule has 2 unspecified atom stereocenters. The second-order valence-corrected chi connectivity index (χ2v) is 8.61. The summed E-state index contributed by atoms with van der Waals surface area (Å²) >= 11 is 24.5. The van der Waals surface area contributed by atoms with E-state index in [4.69, 9.17) is 46.4 Å². The Morgan fingerprint density at radius 3 is 2.46 bits per heavy atom. The van der Waals surface area contributed by atoms with Crippen LogP contribution in [0.4, 0.5) is 10.1 Å². The molecule has 2 aromatic rings. The minimum Gasteiger partial charge on any atom is -0.352 e. The SMILES string of the molecule is CCNC(=O)c1cc(NC(=O)C2C(c3ccc(F)c(Cl)c3)C2(Cl)Cl)ccc1Cl. The van der Waals surface area contributed by atoms with E-state index in [-0.39, 0.29) is 21.5 Å². The average Bonchev–Trinajstić information content (AvgIpc) is 3.21. The molecule has 0 radical (unpaired) electrons. The molecule has 0 bridgehead atoms. The molecule has 148 valence electrons. The largest absolute Gasteiger partial charge is 0.352 e. The van der Waals surface area contributed by atoms with Gasteiger partial charge < -0.3 is 10.6 Å². The molecule has 2 aromatic carbocycles. The van der Waals surface area contributed by atoms with E-state index in [1.807, 2.05) is 0 Å². The van der Waals surface area contributed by atoms with Crippen LogP contribution in [0.5, 0.6) is 0 Å². The minimum atomic E-state index is -1.35. The lowest BCUT2D eigenvalue weighted by Gasteiger charge is -2.09. The first kappa shape index (κ1) is 21.2. The standard InChI is InChI=1S/C19H15Cl4FN2O2/c1-2-25-17(27)11-8-10(4-5-12(11)20)26-18(28)16-15(19(16,22)23)9-3-6-14(24)13(21)7-9/h3-8,15-16H,2H2,1H3,(H,25,27)(H,26,28). The van der Waals surface area contributed by atoms with Gasteiger partial charge in [-0.15, -0.1) is 23.2 Å². The molecule has 1 fully saturated rings. The Kier molecular flexibility index (Phi) is 6.11. The number of hydrogen-bond donors (Lipinski definition) is 2. The molecule has 9 heteroatoms. The molecule has 1 aliphatic rings. The summed E-state index contributed by atoms with van der Waals surface area (Å²) in [7, 11) is 0. The Morgan fingerprint density at radius 2 is 1.82 bits per heavy atom. The number of nitrogens with one attached hydrogen (secondary N) is 2. The van der Waals surface area contributed by atoms with Crippen LogP contribution in [0.2, 0.25) is 10.0 Å². The van der Waals surface area contributed by atoms with Crippen LogP contribution in [0.15, 0.2) is 36.4 Å². The number of halogens is 5. The molecule has 0 aromatic heterocycles. The predicted octanol–water partition coefficient (Wildman–Crippen LogP) is 5.41. The molecule has 0 heterocycles. The predicted molar refractivity (Wildman–Crippen MR) is 110 cm³/mol. The van der Waals surface area contributed by atoms with Crippen molar-refractivity contribution in [1.29, 1.82) is 0 Å². The van der Waals surface area contributed by atoms with Gasteiger partial charge in [0.15, 0.2) is 0 Å². The lowest BCUT2D eigenvalue weighted by atomic mass is 10.1. The Labute approximate surface area is 181 Å². The highest BCUT2D eigenvalue weighted by Crippen LogP contribution is 2.65. The second-order valence-electron chi connectivity index (χ2n) is 6.35. The number of anilines is 1. The molecule has 0 saturated heterocycles. The fourth-order valence-electron chi connectivity index (χ4n) is 3.03. The van der Waals surface area contributed by atoms with E-state index in [1.54, 1.807) is 13.0 Å². The van der Waals surface area contributed by atoms with Gasteiger partial charge in [-0.05, 0) is 42.8 Å². The average molecular weight is 464 g/mol. The zero-order chi connectivity index (χ0) is 20.6. The highest BCUT2D eigenvalue weighted by molar-refractivity contribution is 6.53. The Morgan fingerprint density at radius 1 is 1.11 bits per heavy atom. The Balaban J connectivity index is 1.79. The van der Waals surface area contributed by atoms with Gasteiger partial charge in [0.1, 0.15) is 10.2 Å². The van der Waals surface area contributed by atoms with Crippen molar-refractivity contribution in [1.82, 2.24) is 5.32 Å². The number of carbonyl (C=O) groups is 2. The van der Waals surface area contributed by atoms with E-state index in [1.165, 1.54) is 30.3 Å². The molecule has 4 nitrogen and oxygen atoms in total. The first-order valence-electron chi connectivity index (χ1n) is 8.38. The van der Waals surface area contributed by atoms with Crippen LogP contribution in [0.25, 0.3) is 0 Å². The maximum atomic E-state index is 13.4. The fourth-order valence-corrected chi connectivity index (χ4v) is 4.25. The van der Waals surface area contributed by atoms with Crippen molar-refractivity contribution in [3.05, 3.63) is 63.4 Å². The van der Waals surface area contributed by atoms with Crippen LogP contribution in [0.3, 0.4) is 0 Å². The number of benzene rings is 2. The number of hydrogen-bond acceptors (Lipinski definition) is 2. The monoisotopic (exact) mass is 462 g/mol. The third-order valence-corrected chi connectivity index (χ3v) is 6.01. The normalized spacial score (nSPS) is 19.8. The van der Waals surface area contributed by atoms with Gasteiger partial charge in [-0.3, -0.25) is 9.59 Å². The van der Waals surface area contributed by atoms with Crippen molar-refractivity contribution in [2.75, 3.05) is 11.9 Å². The van der Waals surface area contributed by atoms with Gasteiger partial charge in [0.05, 0.1) is 21.5 Å². The van der Waals surface area contributed by atoms with Crippen molar-refractivity contribution in [3.8, 4) is 0 Å². The van der Waals surface area contributed by atoms with Crippen LogP contribution in [0.1, 0.15) is 28.8 Å². The van der Waals surface area contributed by atoms with Gasteiger partial charge in [0.25, 0.3) is 5.91 Å². The highest BCUT2D eigenvalue weighted by atomic mass is 35.5. The van der Waals surface area contributed by atoms with E-state index in [2.05, 4.69) is 10.6 Å². The number of carbonyl (C=O) groups excluding carboxylic acids is 2. The zero-order valence-electron chi connectivity index (χ0n) is 14.5. The third kappa shape index (κ3) is 4.08. The summed E-state index contributed by atoms with van der Waals surface area (Å²) in [5, 5.41) is 5.53. The lowest BCUT2D eigenvalue weighted by Crippen LogP contribution is -2.23. The fraction of sp³-hybridized carbons (Fsp3) is 0.263. The number of alkyl halides is 2. The lowest BCUT2D eigenvalue weighted by molar-refractivity contribution is -0.117. The summed E-state index contributed by atoms with van der Waals surface area (Å²) in [4.78, 5) is 24.8. The van der Waals surface area contributed by atoms with Gasteiger partial charge in [-0.2, -0.15) is 0 Å². The molecular formula is C19H15Cl4FN2O2. The third-order valence-electron chi connectivity index (χ3n) is 4.45. The summed E-state index contributed by atoms with van der Waals surface area (Å²) in [6.07, 6.45) is 0. The molecule has 1 saturated carbocycles. The van der Waals surface area contributed by atoms with Gasteiger partial charge in [-0.25, -0.2) is 4.39 Å². The minimum absolute atomic E-state index is 0.0722. The summed E-state index contributed by atoms with van der Waals surface area (Å²) in [5.74, 6) is -2.65. The molecule has 0 spiro atoms. The van der Waals surface area contributed by atoms with E-state index < -0.39 is 27.9 Å². The molecule has 2 atom stereocenters. The molecule has 1 aliphatic carbocycles. The molecule has 28 heavy (non-hydrogen) atoms. The Bertz CT molecular complexity index is 952. The van der Waals surface area contributed by atoms with Crippen molar-refractivity contribution in [2.45, 2.75) is 17.2 Å². The quantitative estimate of drug-likeness (QED) is 0.582. The van der Waals surface area contributed by atoms with Gasteiger partial charge in [-0.1, -0.05) is 29.3 Å². The van der Waals surface area contributed by atoms with Gasteiger partial charge >= 0.3 is 0 Å². The smallest absolute Gasteiger partial charge is 0.252 e. The maximum absolute atomic E-state index is 13.4. The first-order chi connectivity index (χ1) is 13.2. The van der Waals surface area contributed by atoms with Crippen LogP contribution in [-0.2, 0) is 4.79 Å². The highest BCUT2D eigenvalue weighted by Gasteiger charge is 2.67. The topological polar surface area (TPSA) is 58.2 Å². The van der Waals surface area contributed by atoms with Gasteiger partial charge in [0, 0.05) is 18.2 Å². The molecule has 2 amide bonds. The molecule has 2 N–H and O–H groups in total. The van der Waals surface area contributed by atoms with E-state index in [0.717, 1.165) is 0 Å². The summed E-state index contributed by atoms with van der Waals surface area (Å²) < 4.78 is 12.0. The number of amides is 2. The maximum Gasteiger partial charge on any atom is 0.252 e. The van der Waals surface area contributed by atoms with Crippen molar-refractivity contribution in [3.63, 3.8) is 0 Å². The van der Waals surface area contributed by atoms with E-state index in [9.17, 15) is 14.0 Å². The van der Waals surface area contributed by atoms with Gasteiger partial charge in [0.2, 0.25) is 5.91 Å². The molecular weight excluding hydrogens is 449 g/mol. The zero-order valence-corrected chi connectivity index (χ0v) is 17.6. The molecule has 0 aliphatic heterocycles. The second kappa shape index (κ2) is 8.07. The van der Waals surface area contributed by atoms with Crippen molar-refractivity contribution >= 4 is 63.9 Å². The molecule has 3 rings (SSSR count). The Hall–Kier alpha value is -1.53. The van der Waals surface area contributed by atoms with Crippen LogP contribution in [0, 0.1) is 11.7 Å². The summed E-state index contributed by atoms with van der Waals surface area (Å²) in [6.45, 7) is 2.23. The van der Waals surface area contributed by atoms with Crippen LogP contribution < -0.4 is 10.6 Å². The van der Waals surface area contributed by atoms with E-state index in [0.29, 0.717) is 17.8 Å². The van der Waals surface area contributed by atoms with Crippen LogP contribution >= 0.6 is 46.4 Å². The number of rotatable bonds is 5. The van der Waals surface area contributed by atoms with Crippen molar-refractivity contribution < 1.29 is 14.0 Å². The van der Waals surface area contributed by atoms with E-state index >= 15 is 0 Å². The summed E-state index contributed by atoms with van der Waals surface area (Å²) in [6, 6.07) is 8.66. The van der Waals surface area contributed by atoms with Crippen LogP contribution in [-0.4, -0.2) is 22.7 Å².